The van der Waals surface area contributed by atoms with Gasteiger partial charge >= 0.3 is 0 Å². The highest BCUT2D eigenvalue weighted by Gasteiger charge is 2.28. The number of nitrogens with one attached hydrogen (secondary N) is 1. The largest absolute Gasteiger partial charge is 0.321 e. The van der Waals surface area contributed by atoms with Crippen LogP contribution >= 0.6 is 34.5 Å². The third-order valence-corrected chi connectivity index (χ3v) is 7.91. The van der Waals surface area contributed by atoms with E-state index in [1.54, 1.807) is 48.5 Å². The quantitative estimate of drug-likeness (QED) is 0.550. The first-order chi connectivity index (χ1) is 13.8. The maximum absolute atomic E-state index is 12.7. The molecule has 0 spiro atoms. The van der Waals surface area contributed by atoms with Crippen molar-refractivity contribution in [3.63, 3.8) is 0 Å². The lowest BCUT2D eigenvalue weighted by molar-refractivity contribution is 0.103. The van der Waals surface area contributed by atoms with Crippen molar-refractivity contribution >= 4 is 61.8 Å². The average Bonchev–Trinajstić information content (AvgIpc) is 3.27. The molecule has 0 radical (unpaired) electrons. The normalized spacial score (nSPS) is 15.4. The van der Waals surface area contributed by atoms with Crippen molar-refractivity contribution < 1.29 is 13.2 Å². The second-order valence-corrected chi connectivity index (χ2v) is 10.5. The minimum absolute atomic E-state index is 0.148. The van der Waals surface area contributed by atoms with Gasteiger partial charge in [-0.1, -0.05) is 29.3 Å². The van der Waals surface area contributed by atoms with E-state index in [0.29, 0.717) is 39.3 Å². The molecule has 0 atom stereocenters. The molecular weight excluding hydrogens is 451 g/mol. The molecule has 1 aliphatic heterocycles. The first-order valence-electron chi connectivity index (χ1n) is 8.80. The number of anilines is 2. The van der Waals surface area contributed by atoms with E-state index in [2.05, 4.69) is 5.32 Å². The van der Waals surface area contributed by atoms with E-state index < -0.39 is 10.0 Å². The van der Waals surface area contributed by atoms with Gasteiger partial charge in [0.1, 0.15) is 0 Å². The molecule has 3 aromatic rings. The number of benzene rings is 2. The van der Waals surface area contributed by atoms with Gasteiger partial charge in [-0.3, -0.25) is 9.10 Å². The summed E-state index contributed by atoms with van der Waals surface area (Å²) >= 11 is 13.4. The Bertz CT molecular complexity index is 1170. The highest BCUT2D eigenvalue weighted by atomic mass is 35.5. The molecule has 2 heterocycles. The summed E-state index contributed by atoms with van der Waals surface area (Å²) in [5.74, 6) is -0.120. The number of carbonyl (C=O) groups excluding carboxylic acids is 1. The summed E-state index contributed by atoms with van der Waals surface area (Å²) in [4.78, 5) is 14.1. The van der Waals surface area contributed by atoms with Gasteiger partial charge in [0.05, 0.1) is 16.3 Å². The monoisotopic (exact) mass is 466 g/mol. The fraction of sp³-hybridized carbons (Fsp3) is 0.150. The Morgan fingerprint density at radius 1 is 1.03 bits per heavy atom. The van der Waals surface area contributed by atoms with Crippen LogP contribution in [-0.4, -0.2) is 26.6 Å². The summed E-state index contributed by atoms with van der Waals surface area (Å²) in [5.41, 5.74) is 1.93. The van der Waals surface area contributed by atoms with Gasteiger partial charge in [-0.15, -0.1) is 11.3 Å². The molecule has 9 heteroatoms. The van der Waals surface area contributed by atoms with E-state index in [0.717, 1.165) is 10.4 Å². The third-order valence-electron chi connectivity index (χ3n) is 4.47. The predicted octanol–water partition coefficient (Wildman–Crippen LogP) is 5.51. The Kier molecular flexibility index (Phi) is 5.57. The van der Waals surface area contributed by atoms with E-state index in [4.69, 9.17) is 23.2 Å². The molecule has 1 N–H and O–H groups in total. The average molecular weight is 467 g/mol. The lowest BCUT2D eigenvalue weighted by Gasteiger charge is -2.17. The Balaban J connectivity index is 1.53. The van der Waals surface area contributed by atoms with Crippen molar-refractivity contribution in [2.24, 2.45) is 0 Å². The van der Waals surface area contributed by atoms with Gasteiger partial charge < -0.3 is 5.32 Å². The molecule has 5 nitrogen and oxygen atoms in total. The van der Waals surface area contributed by atoms with Crippen LogP contribution in [0.25, 0.3) is 10.4 Å². The fourth-order valence-corrected chi connectivity index (χ4v) is 6.14. The maximum atomic E-state index is 12.7. The second-order valence-electron chi connectivity index (χ2n) is 6.57. The molecule has 0 unspecified atom stereocenters. The van der Waals surface area contributed by atoms with E-state index >= 15 is 0 Å². The summed E-state index contributed by atoms with van der Waals surface area (Å²) in [6.07, 6.45) is 0.602. The van der Waals surface area contributed by atoms with Gasteiger partial charge in [-0.05, 0) is 60.5 Å². The summed E-state index contributed by atoms with van der Waals surface area (Å²) in [6, 6.07) is 15.7. The van der Waals surface area contributed by atoms with Gasteiger partial charge in [0.2, 0.25) is 10.0 Å². The highest BCUT2D eigenvalue weighted by Crippen LogP contribution is 2.33. The number of rotatable bonds is 4. The summed E-state index contributed by atoms with van der Waals surface area (Å²) in [7, 11) is -3.27. The van der Waals surface area contributed by atoms with Gasteiger partial charge in [0, 0.05) is 27.2 Å². The van der Waals surface area contributed by atoms with E-state index in [1.807, 2.05) is 6.07 Å². The van der Waals surface area contributed by atoms with Crippen LogP contribution in [0.1, 0.15) is 16.1 Å². The third kappa shape index (κ3) is 4.43. The predicted molar refractivity (Wildman–Crippen MR) is 120 cm³/mol. The first-order valence-corrected chi connectivity index (χ1v) is 12.0. The molecule has 1 saturated heterocycles. The summed E-state index contributed by atoms with van der Waals surface area (Å²) in [5, 5.41) is 3.89. The summed E-state index contributed by atoms with van der Waals surface area (Å²) < 4.78 is 25.6. The van der Waals surface area contributed by atoms with Crippen LogP contribution < -0.4 is 9.62 Å². The standard InChI is InChI=1S/C20H16Cl2N2O3S2/c21-14-9-13(10-15(22)11-14)18-5-6-19(28-18)20(25)23-16-3-1-4-17(12-16)24-7-2-8-29(24,26)27/h1,3-6,9-12H,2,7-8H2,(H,23,25). The van der Waals surface area contributed by atoms with Gasteiger partial charge in [0.15, 0.2) is 0 Å². The zero-order valence-electron chi connectivity index (χ0n) is 15.1. The number of sulfonamides is 1. The Hall–Kier alpha value is -2.06. The van der Waals surface area contributed by atoms with Crippen LogP contribution in [0.4, 0.5) is 11.4 Å². The van der Waals surface area contributed by atoms with Crippen LogP contribution in [0.2, 0.25) is 10.0 Å². The van der Waals surface area contributed by atoms with Crippen molar-refractivity contribution in [2.75, 3.05) is 21.9 Å². The van der Waals surface area contributed by atoms with E-state index in [-0.39, 0.29) is 11.7 Å². The van der Waals surface area contributed by atoms with Crippen molar-refractivity contribution in [3.8, 4) is 10.4 Å². The molecule has 2 aromatic carbocycles. The number of halogens is 2. The molecule has 4 rings (SSSR count). The molecule has 0 aliphatic carbocycles. The zero-order chi connectivity index (χ0) is 20.6. The van der Waals surface area contributed by atoms with Crippen molar-refractivity contribution in [1.82, 2.24) is 0 Å². The lowest BCUT2D eigenvalue weighted by atomic mass is 10.2. The number of nitrogens with zero attached hydrogens (tertiary/aromatic N) is 1. The zero-order valence-corrected chi connectivity index (χ0v) is 18.2. The van der Waals surface area contributed by atoms with Crippen LogP contribution in [-0.2, 0) is 10.0 Å². The number of thiophene rings is 1. The number of amides is 1. The first kappa shape index (κ1) is 20.2. The molecule has 1 amide bonds. The minimum Gasteiger partial charge on any atom is -0.321 e. The van der Waals surface area contributed by atoms with Crippen LogP contribution in [0.5, 0.6) is 0 Å². The Morgan fingerprint density at radius 2 is 1.79 bits per heavy atom. The number of carbonyl (C=O) groups is 1. The van der Waals surface area contributed by atoms with Crippen molar-refractivity contribution in [2.45, 2.75) is 6.42 Å². The number of hydrogen-bond donors (Lipinski definition) is 1. The molecule has 150 valence electrons. The highest BCUT2D eigenvalue weighted by molar-refractivity contribution is 7.93. The molecular formula is C20H16Cl2N2O3S2. The molecule has 29 heavy (non-hydrogen) atoms. The molecule has 1 fully saturated rings. The van der Waals surface area contributed by atoms with Crippen molar-refractivity contribution in [1.29, 1.82) is 0 Å². The molecule has 0 saturated carbocycles. The van der Waals surface area contributed by atoms with E-state index in [9.17, 15) is 13.2 Å². The minimum atomic E-state index is -3.27. The van der Waals surface area contributed by atoms with Crippen LogP contribution in [0.3, 0.4) is 0 Å². The lowest BCUT2D eigenvalue weighted by Crippen LogP contribution is -2.25. The summed E-state index contributed by atoms with van der Waals surface area (Å²) in [6.45, 7) is 0.455. The van der Waals surface area contributed by atoms with Crippen LogP contribution in [0.15, 0.2) is 54.6 Å². The smallest absolute Gasteiger partial charge is 0.265 e. The topological polar surface area (TPSA) is 66.5 Å². The van der Waals surface area contributed by atoms with Gasteiger partial charge in [0.25, 0.3) is 5.91 Å². The number of hydrogen-bond acceptors (Lipinski definition) is 4. The van der Waals surface area contributed by atoms with Crippen LogP contribution in [0, 0.1) is 0 Å². The Morgan fingerprint density at radius 3 is 2.48 bits per heavy atom. The SMILES string of the molecule is O=C(Nc1cccc(N2CCCS2(=O)=O)c1)c1ccc(-c2cc(Cl)cc(Cl)c2)s1. The Labute approximate surface area is 182 Å². The van der Waals surface area contributed by atoms with Gasteiger partial charge in [-0.25, -0.2) is 8.42 Å². The second kappa shape index (κ2) is 7.99. The molecule has 1 aliphatic rings. The maximum Gasteiger partial charge on any atom is 0.265 e. The van der Waals surface area contributed by atoms with Gasteiger partial charge in [-0.2, -0.15) is 0 Å². The fourth-order valence-electron chi connectivity index (χ4n) is 3.17. The van der Waals surface area contributed by atoms with E-state index in [1.165, 1.54) is 15.6 Å². The van der Waals surface area contributed by atoms with Crippen molar-refractivity contribution in [3.05, 3.63) is 69.5 Å². The molecule has 1 aromatic heterocycles. The molecule has 0 bridgehead atoms.